The maximum Gasteiger partial charge on any atom is 0.227 e. The first-order chi connectivity index (χ1) is 28.7. The van der Waals surface area contributed by atoms with E-state index in [1.807, 2.05) is 78.9 Å². The fraction of sp³-hybridized carbons (Fsp3) is 0. The minimum absolute atomic E-state index is 0.553. The summed E-state index contributed by atoms with van der Waals surface area (Å²) in [6.45, 7) is 7.71. The number of fused-ring (bicyclic) bond motifs is 8. The fourth-order valence-electron chi connectivity index (χ4n) is 8.41. The van der Waals surface area contributed by atoms with Crippen LogP contribution < -0.4 is 9.80 Å². The number of anilines is 6. The molecule has 0 aliphatic carbocycles. The molecule has 11 rings (SSSR count). The van der Waals surface area contributed by atoms with Gasteiger partial charge >= 0.3 is 0 Å². The highest BCUT2D eigenvalue weighted by Gasteiger charge is 2.28. The maximum atomic E-state index is 9.80. The molecule has 7 heteroatoms. The predicted molar refractivity (Wildman–Crippen MR) is 234 cm³/mol. The summed E-state index contributed by atoms with van der Waals surface area (Å²) in [4.78, 5) is 12.8. The lowest BCUT2D eigenvalue weighted by molar-refractivity contribution is 0.654. The van der Waals surface area contributed by atoms with Gasteiger partial charge in [-0.25, -0.2) is 9.83 Å². The van der Waals surface area contributed by atoms with Gasteiger partial charge in [-0.2, -0.15) is 5.26 Å². The molecule has 3 heterocycles. The highest BCUT2D eigenvalue weighted by Crippen LogP contribution is 2.53. The van der Waals surface area contributed by atoms with Crippen molar-refractivity contribution in [3.63, 3.8) is 0 Å². The van der Waals surface area contributed by atoms with Crippen molar-refractivity contribution in [3.8, 4) is 6.07 Å². The van der Waals surface area contributed by atoms with E-state index >= 15 is 0 Å². The summed E-state index contributed by atoms with van der Waals surface area (Å²) < 4.78 is 13.3. The highest BCUT2D eigenvalue weighted by atomic mass is 16.3. The van der Waals surface area contributed by atoms with Gasteiger partial charge in [-0.1, -0.05) is 103 Å². The molecule has 0 radical (unpaired) electrons. The van der Waals surface area contributed by atoms with Crippen LogP contribution in [0, 0.1) is 17.9 Å². The second-order valence-corrected chi connectivity index (χ2v) is 14.1. The molecule has 58 heavy (non-hydrogen) atoms. The van der Waals surface area contributed by atoms with Crippen molar-refractivity contribution in [3.05, 3.63) is 193 Å². The number of nitriles is 1. The van der Waals surface area contributed by atoms with Gasteiger partial charge in [0.15, 0.2) is 16.9 Å². The van der Waals surface area contributed by atoms with Crippen LogP contribution in [0.4, 0.5) is 39.8 Å². The molecule has 270 valence electrons. The van der Waals surface area contributed by atoms with Crippen LogP contribution in [-0.2, 0) is 0 Å². The molecule has 3 aromatic heterocycles. The van der Waals surface area contributed by atoms with Crippen molar-refractivity contribution in [2.45, 2.75) is 0 Å². The van der Waals surface area contributed by atoms with Gasteiger partial charge in [0.2, 0.25) is 5.71 Å². The summed E-state index contributed by atoms with van der Waals surface area (Å²) in [5, 5.41) is 17.7. The van der Waals surface area contributed by atoms with Crippen molar-refractivity contribution >= 4 is 105 Å². The van der Waals surface area contributed by atoms with Gasteiger partial charge in [-0.05, 0) is 66.7 Å². The van der Waals surface area contributed by atoms with Crippen molar-refractivity contribution in [1.29, 1.82) is 5.26 Å². The molecule has 7 nitrogen and oxygen atoms in total. The molecule has 11 aromatic rings. The van der Waals surface area contributed by atoms with E-state index in [0.717, 1.165) is 88.4 Å². The Labute approximate surface area is 332 Å². The number of hydrogen-bond acceptors (Lipinski definition) is 6. The molecule has 0 saturated carbocycles. The second-order valence-electron chi connectivity index (χ2n) is 14.1. The Balaban J connectivity index is 1.27. The molecule has 0 amide bonds. The van der Waals surface area contributed by atoms with Crippen LogP contribution in [0.3, 0.4) is 0 Å². The summed E-state index contributed by atoms with van der Waals surface area (Å²) in [5.41, 5.74) is 9.33. The van der Waals surface area contributed by atoms with E-state index < -0.39 is 0 Å². The van der Waals surface area contributed by atoms with Gasteiger partial charge in [0, 0.05) is 60.7 Å². The zero-order valence-electron chi connectivity index (χ0n) is 30.8. The van der Waals surface area contributed by atoms with Crippen molar-refractivity contribution in [2.75, 3.05) is 9.80 Å². The van der Waals surface area contributed by atoms with E-state index in [1.54, 1.807) is 6.20 Å². The van der Waals surface area contributed by atoms with Crippen LogP contribution in [0.2, 0.25) is 0 Å². The number of para-hydroxylation sites is 3. The third-order valence-electron chi connectivity index (χ3n) is 10.9. The summed E-state index contributed by atoms with van der Waals surface area (Å²) in [5.74, 6) is 0. The van der Waals surface area contributed by atoms with Crippen molar-refractivity contribution in [2.24, 2.45) is 0 Å². The summed E-state index contributed by atoms with van der Waals surface area (Å²) in [7, 11) is 0. The number of furan rings is 2. The van der Waals surface area contributed by atoms with Gasteiger partial charge in [-0.3, -0.25) is 0 Å². The smallest absolute Gasteiger partial charge is 0.227 e. The molecule has 0 atom stereocenters. The number of nitrogens with zero attached hydrogens (tertiary/aromatic N) is 5. The largest absolute Gasteiger partial charge is 0.454 e. The molecule has 0 spiro atoms. The van der Waals surface area contributed by atoms with Crippen molar-refractivity contribution in [1.82, 2.24) is 4.98 Å². The van der Waals surface area contributed by atoms with Crippen LogP contribution in [0.1, 0.15) is 5.56 Å². The Bertz CT molecular complexity index is 3210. The highest BCUT2D eigenvalue weighted by molar-refractivity contribution is 6.25. The number of benzene rings is 8. The molecule has 0 aliphatic rings. The number of pyridine rings is 1. The topological polar surface area (TPSA) is 73.8 Å². The van der Waals surface area contributed by atoms with Gasteiger partial charge in [0.05, 0.1) is 41.0 Å². The Morgan fingerprint density at radius 1 is 0.483 bits per heavy atom. The lowest BCUT2D eigenvalue weighted by Gasteiger charge is -2.32. The van der Waals surface area contributed by atoms with Crippen LogP contribution in [0.5, 0.6) is 0 Å². The summed E-state index contributed by atoms with van der Waals surface area (Å²) in [6.07, 6.45) is 1.75. The number of hydrogen-bond donors (Lipinski definition) is 0. The standard InChI is InChI=1S/C51H29N5O2/c1-53-33-24-28-35(29-25-33)56(45-20-9-17-42-43-18-10-30-54-51(43)58-50(42)45)48-39-14-4-2-12-37(39)47(38-13-3-5-15-40(38)48)55(34-26-22-32(31-52)23-27-34)44-19-8-16-41-36-11-6-7-21-46(36)57-49(41)44/h2-30H. The average Bonchev–Trinajstić information content (AvgIpc) is 3.87. The SMILES string of the molecule is [C-]#[N+]c1ccc(N(c2c3ccccc3c(N(c3ccc(C#N)cc3)c3cccc4c3oc3ccccc34)c3ccccc23)c2cccc3c2oc2ncccc23)cc1. The Hall–Kier alpha value is -8.39. The van der Waals surface area contributed by atoms with Gasteiger partial charge in [-0.15, -0.1) is 0 Å². The molecule has 0 aliphatic heterocycles. The fourth-order valence-corrected chi connectivity index (χ4v) is 8.41. The van der Waals surface area contributed by atoms with E-state index in [4.69, 9.17) is 15.4 Å². The Morgan fingerprint density at radius 3 is 1.53 bits per heavy atom. The summed E-state index contributed by atoms with van der Waals surface area (Å²) >= 11 is 0. The van der Waals surface area contributed by atoms with E-state index in [-0.39, 0.29) is 0 Å². The minimum atomic E-state index is 0.553. The minimum Gasteiger partial charge on any atom is -0.454 e. The molecular formula is C51H29N5O2. The van der Waals surface area contributed by atoms with E-state index in [2.05, 4.69) is 117 Å². The number of rotatable bonds is 6. The molecule has 0 bridgehead atoms. The number of aromatic nitrogens is 1. The third kappa shape index (κ3) is 5.02. The molecule has 0 saturated heterocycles. The molecule has 0 unspecified atom stereocenters. The monoisotopic (exact) mass is 743 g/mol. The van der Waals surface area contributed by atoms with Crippen molar-refractivity contribution < 1.29 is 8.83 Å². The van der Waals surface area contributed by atoms with Crippen LogP contribution in [-0.4, -0.2) is 4.98 Å². The van der Waals surface area contributed by atoms with E-state index in [9.17, 15) is 5.26 Å². The summed E-state index contributed by atoms with van der Waals surface area (Å²) in [6, 6.07) is 59.2. The molecular weight excluding hydrogens is 715 g/mol. The zero-order valence-corrected chi connectivity index (χ0v) is 30.8. The normalized spacial score (nSPS) is 11.4. The first-order valence-corrected chi connectivity index (χ1v) is 18.9. The lowest BCUT2D eigenvalue weighted by atomic mass is 9.95. The first-order valence-electron chi connectivity index (χ1n) is 18.9. The van der Waals surface area contributed by atoms with Crippen LogP contribution in [0.25, 0.3) is 70.4 Å². The third-order valence-corrected chi connectivity index (χ3v) is 10.9. The molecule has 0 fully saturated rings. The van der Waals surface area contributed by atoms with E-state index in [0.29, 0.717) is 22.5 Å². The van der Waals surface area contributed by atoms with Crippen LogP contribution >= 0.6 is 0 Å². The van der Waals surface area contributed by atoms with E-state index in [1.165, 1.54) is 0 Å². The quantitative estimate of drug-likeness (QED) is 0.0959. The lowest BCUT2D eigenvalue weighted by Crippen LogP contribution is -2.15. The predicted octanol–water partition coefficient (Wildman–Crippen LogP) is 14.5. The average molecular weight is 744 g/mol. The van der Waals surface area contributed by atoms with Crippen LogP contribution in [0.15, 0.2) is 185 Å². The maximum absolute atomic E-state index is 9.80. The molecule has 0 N–H and O–H groups in total. The Kier molecular flexibility index (Phi) is 7.47. The second kappa shape index (κ2) is 13.1. The van der Waals surface area contributed by atoms with Gasteiger partial charge in [0.1, 0.15) is 5.58 Å². The Morgan fingerprint density at radius 2 is 0.966 bits per heavy atom. The van der Waals surface area contributed by atoms with Gasteiger partial charge in [0.25, 0.3) is 0 Å². The zero-order chi connectivity index (χ0) is 38.7. The first kappa shape index (κ1) is 33.0. The molecule has 8 aromatic carbocycles. The van der Waals surface area contributed by atoms with Gasteiger partial charge < -0.3 is 18.6 Å².